The Morgan fingerprint density at radius 1 is 0.472 bits per heavy atom. The first-order valence-electron chi connectivity index (χ1n) is 17.2. The summed E-state index contributed by atoms with van der Waals surface area (Å²) in [6.07, 6.45) is 0. The Morgan fingerprint density at radius 2 is 1.06 bits per heavy atom. The highest BCUT2D eigenvalue weighted by Gasteiger charge is 2.20. The van der Waals surface area contributed by atoms with Gasteiger partial charge in [0.15, 0.2) is 17.5 Å². The Bertz CT molecular complexity index is 2970. The molecule has 0 aliphatic carbocycles. The summed E-state index contributed by atoms with van der Waals surface area (Å²) < 4.78 is 4.78. The topological polar surface area (TPSA) is 86.7 Å². The summed E-state index contributed by atoms with van der Waals surface area (Å²) in [5.74, 6) is 1.68. The van der Waals surface area contributed by atoms with Crippen molar-refractivity contribution in [3.63, 3.8) is 0 Å². The largest absolute Gasteiger partial charge is 0.309 e. The molecule has 0 N–H and O–H groups in total. The van der Waals surface area contributed by atoms with Crippen LogP contribution in [0.4, 0.5) is 5.69 Å². The zero-order valence-corrected chi connectivity index (χ0v) is 28.9. The molecule has 0 fully saturated rings. The summed E-state index contributed by atoms with van der Waals surface area (Å²) in [6.45, 7) is 0. The van der Waals surface area contributed by atoms with Crippen LogP contribution in [0.15, 0.2) is 164 Å². The molecule has 250 valence electrons. The normalized spacial score (nSPS) is 11.5. The van der Waals surface area contributed by atoms with Crippen molar-refractivity contribution in [2.24, 2.45) is 0 Å². The van der Waals surface area contributed by atoms with E-state index in [9.17, 15) is 10.1 Å². The number of rotatable bonds is 6. The van der Waals surface area contributed by atoms with Gasteiger partial charge in [-0.3, -0.25) is 10.1 Å². The number of benzene rings is 7. The van der Waals surface area contributed by atoms with Crippen LogP contribution < -0.4 is 0 Å². The molecule has 3 heterocycles. The molecule has 0 saturated carbocycles. The maximum atomic E-state index is 11.7. The lowest BCUT2D eigenvalue weighted by Crippen LogP contribution is -2.02. The van der Waals surface area contributed by atoms with E-state index < -0.39 is 0 Å². The number of para-hydroxylation sites is 1. The molecule has 8 heteroatoms. The minimum absolute atomic E-state index is 0.0351. The van der Waals surface area contributed by atoms with Crippen molar-refractivity contribution in [1.82, 2.24) is 19.5 Å². The molecule has 53 heavy (non-hydrogen) atoms. The number of nitro groups is 1. The lowest BCUT2D eigenvalue weighted by Gasteiger charge is -2.16. The van der Waals surface area contributed by atoms with Crippen LogP contribution in [0.5, 0.6) is 0 Å². The molecule has 0 spiro atoms. The first-order valence-corrected chi connectivity index (χ1v) is 18.0. The van der Waals surface area contributed by atoms with E-state index in [1.807, 2.05) is 72.8 Å². The van der Waals surface area contributed by atoms with Gasteiger partial charge in [0.1, 0.15) is 0 Å². The quantitative estimate of drug-likeness (QED) is 0.127. The molecule has 0 unspecified atom stereocenters. The highest BCUT2D eigenvalue weighted by Crippen LogP contribution is 2.43. The number of fused-ring (bicyclic) bond motifs is 6. The lowest BCUT2D eigenvalue weighted by atomic mass is 9.99. The maximum absolute atomic E-state index is 11.7. The Balaban J connectivity index is 1.24. The van der Waals surface area contributed by atoms with Gasteiger partial charge in [0.25, 0.3) is 5.69 Å². The molecular formula is C45H27N5O2S. The molecule has 0 aliphatic heterocycles. The van der Waals surface area contributed by atoms with Crippen LogP contribution in [-0.2, 0) is 0 Å². The second-order valence-electron chi connectivity index (χ2n) is 12.9. The summed E-state index contributed by atoms with van der Waals surface area (Å²) >= 11 is 1.79. The zero-order chi connectivity index (χ0) is 35.5. The molecule has 3 aromatic heterocycles. The average Bonchev–Trinajstić information content (AvgIpc) is 3.75. The van der Waals surface area contributed by atoms with E-state index in [-0.39, 0.29) is 10.6 Å². The van der Waals surface area contributed by atoms with Crippen molar-refractivity contribution in [3.8, 4) is 51.0 Å². The Labute approximate surface area is 307 Å². The van der Waals surface area contributed by atoms with Gasteiger partial charge in [0, 0.05) is 65.3 Å². The first-order chi connectivity index (χ1) is 26.1. The molecule has 7 nitrogen and oxygen atoms in total. The molecule has 0 radical (unpaired) electrons. The van der Waals surface area contributed by atoms with E-state index >= 15 is 0 Å². The van der Waals surface area contributed by atoms with Crippen LogP contribution in [0.1, 0.15) is 0 Å². The van der Waals surface area contributed by atoms with Crippen molar-refractivity contribution in [3.05, 3.63) is 174 Å². The van der Waals surface area contributed by atoms with Gasteiger partial charge in [-0.25, -0.2) is 15.0 Å². The number of nitrogens with zero attached hydrogens (tertiary/aromatic N) is 5. The molecule has 0 saturated heterocycles. The molecule has 10 aromatic rings. The van der Waals surface area contributed by atoms with Gasteiger partial charge in [0.05, 0.1) is 21.6 Å². The van der Waals surface area contributed by atoms with Gasteiger partial charge in [-0.05, 0) is 60.2 Å². The number of aromatic nitrogens is 4. The molecule has 10 rings (SSSR count). The predicted octanol–water partition coefficient (Wildman–Crippen LogP) is 11.9. The second kappa shape index (κ2) is 12.3. The number of thiophene rings is 1. The average molecular weight is 702 g/mol. The van der Waals surface area contributed by atoms with E-state index in [1.54, 1.807) is 23.5 Å². The summed E-state index contributed by atoms with van der Waals surface area (Å²) in [4.78, 5) is 26.2. The fraction of sp³-hybridized carbons (Fsp3) is 0. The Morgan fingerprint density at radius 3 is 1.74 bits per heavy atom. The summed E-state index contributed by atoms with van der Waals surface area (Å²) in [5.41, 5.74) is 7.42. The highest BCUT2D eigenvalue weighted by molar-refractivity contribution is 7.25. The third kappa shape index (κ3) is 5.23. The smallest absolute Gasteiger partial charge is 0.269 e. The number of non-ortho nitro benzene ring substituents is 1. The monoisotopic (exact) mass is 701 g/mol. The SMILES string of the molecule is O=[N+]([O-])c1ccc(-c2cc(-c3nc(-c4ccccc4)nc(-c4ccccc4)n3)ccc2-n2c3ccccc3c3cc4c(cc32)sc2ccccc24)cc1. The van der Waals surface area contributed by atoms with Gasteiger partial charge in [-0.15, -0.1) is 11.3 Å². The van der Waals surface area contributed by atoms with Crippen molar-refractivity contribution >= 4 is 59.0 Å². The molecule has 0 aliphatic rings. The van der Waals surface area contributed by atoms with Crippen LogP contribution in [0.25, 0.3) is 93.0 Å². The van der Waals surface area contributed by atoms with Gasteiger partial charge < -0.3 is 4.57 Å². The number of hydrogen-bond acceptors (Lipinski definition) is 6. The Kier molecular flexibility index (Phi) is 7.16. The third-order valence-electron chi connectivity index (χ3n) is 9.76. The van der Waals surface area contributed by atoms with Crippen molar-refractivity contribution in [1.29, 1.82) is 0 Å². The number of hydrogen-bond donors (Lipinski definition) is 0. The fourth-order valence-electron chi connectivity index (χ4n) is 7.25. The summed E-state index contributed by atoms with van der Waals surface area (Å²) in [6, 6.07) is 54.5. The van der Waals surface area contributed by atoms with Crippen LogP contribution in [0.2, 0.25) is 0 Å². The standard InChI is InChI=1S/C45H27N5O2S/c51-50(52)32-22-19-28(20-23-32)35-25-31(45-47-43(29-11-3-1-4-12-29)46-44(48-45)30-13-5-2-6-14-30)21-24-39(35)49-38-17-9-7-15-33(38)36-26-37-34-16-8-10-18-41(34)53-42(37)27-40(36)49/h1-27H. The second-order valence-corrected chi connectivity index (χ2v) is 14.0. The lowest BCUT2D eigenvalue weighted by molar-refractivity contribution is -0.384. The van der Waals surface area contributed by atoms with E-state index in [2.05, 4.69) is 83.4 Å². The summed E-state index contributed by atoms with van der Waals surface area (Å²) in [7, 11) is 0. The van der Waals surface area contributed by atoms with Crippen molar-refractivity contribution in [2.45, 2.75) is 0 Å². The molecule has 7 aromatic carbocycles. The van der Waals surface area contributed by atoms with E-state index in [1.165, 1.54) is 20.2 Å². The van der Waals surface area contributed by atoms with E-state index in [0.717, 1.165) is 55.3 Å². The number of nitro benzene ring substituents is 1. The van der Waals surface area contributed by atoms with Crippen LogP contribution in [0.3, 0.4) is 0 Å². The van der Waals surface area contributed by atoms with Crippen LogP contribution in [0, 0.1) is 10.1 Å². The van der Waals surface area contributed by atoms with Gasteiger partial charge in [0.2, 0.25) is 0 Å². The molecule has 0 amide bonds. The maximum Gasteiger partial charge on any atom is 0.269 e. The molecule has 0 atom stereocenters. The van der Waals surface area contributed by atoms with Crippen LogP contribution >= 0.6 is 11.3 Å². The molecular weight excluding hydrogens is 675 g/mol. The zero-order valence-electron chi connectivity index (χ0n) is 28.0. The van der Waals surface area contributed by atoms with Gasteiger partial charge in [-0.2, -0.15) is 0 Å². The fourth-order valence-corrected chi connectivity index (χ4v) is 8.37. The summed E-state index contributed by atoms with van der Waals surface area (Å²) in [5, 5.41) is 16.5. The minimum Gasteiger partial charge on any atom is -0.309 e. The minimum atomic E-state index is -0.370. The third-order valence-corrected chi connectivity index (χ3v) is 10.9. The highest BCUT2D eigenvalue weighted by atomic mass is 32.1. The van der Waals surface area contributed by atoms with Crippen LogP contribution in [-0.4, -0.2) is 24.4 Å². The Hall–Kier alpha value is -7.03. The first kappa shape index (κ1) is 30.8. The van der Waals surface area contributed by atoms with E-state index in [4.69, 9.17) is 15.0 Å². The van der Waals surface area contributed by atoms with Gasteiger partial charge >= 0.3 is 0 Å². The van der Waals surface area contributed by atoms with E-state index in [0.29, 0.717) is 17.5 Å². The van der Waals surface area contributed by atoms with Crippen molar-refractivity contribution < 1.29 is 4.92 Å². The van der Waals surface area contributed by atoms with Crippen molar-refractivity contribution in [2.75, 3.05) is 0 Å². The molecule has 0 bridgehead atoms. The predicted molar refractivity (Wildman–Crippen MR) is 215 cm³/mol. The van der Waals surface area contributed by atoms with Gasteiger partial charge in [-0.1, -0.05) is 97.1 Å².